The molecule has 0 spiro atoms. The van der Waals surface area contributed by atoms with E-state index in [0.717, 1.165) is 24.6 Å². The van der Waals surface area contributed by atoms with Crippen LogP contribution < -0.4 is 11.4 Å². The van der Waals surface area contributed by atoms with Crippen LogP contribution in [0.25, 0.3) is 0 Å². The second-order valence-electron chi connectivity index (χ2n) is 4.36. The molecule has 104 valence electrons. The molecule has 20 heavy (non-hydrogen) atoms. The van der Waals surface area contributed by atoms with Crippen LogP contribution in [0.4, 0.5) is 11.5 Å². The number of pyridine rings is 1. The molecule has 0 amide bonds. The summed E-state index contributed by atoms with van der Waals surface area (Å²) in [6, 6.07) is 2.64. The van der Waals surface area contributed by atoms with Crippen LogP contribution in [-0.4, -0.2) is 24.7 Å². The summed E-state index contributed by atoms with van der Waals surface area (Å²) in [6.45, 7) is 0. The van der Waals surface area contributed by atoms with Crippen LogP contribution in [0.1, 0.15) is 18.9 Å². The minimum Gasteiger partial charge on any atom is -0.383 e. The Balaban J connectivity index is 1.95. The predicted octanol–water partition coefficient (Wildman–Crippen LogP) is 0.943. The first-order valence-electron chi connectivity index (χ1n) is 5.81. The summed E-state index contributed by atoms with van der Waals surface area (Å²) in [7, 11) is 0. The second kappa shape index (κ2) is 4.63. The van der Waals surface area contributed by atoms with Gasteiger partial charge in [-0.3, -0.25) is 14.7 Å². The largest absolute Gasteiger partial charge is 0.383 e. The highest BCUT2D eigenvalue weighted by atomic mass is 32.2. The topological polar surface area (TPSA) is 133 Å². The highest BCUT2D eigenvalue weighted by molar-refractivity contribution is 7.99. The van der Waals surface area contributed by atoms with Gasteiger partial charge < -0.3 is 5.73 Å². The lowest BCUT2D eigenvalue weighted by atomic mass is 10.4. The van der Waals surface area contributed by atoms with Gasteiger partial charge in [-0.1, -0.05) is 0 Å². The smallest absolute Gasteiger partial charge is 0.344 e. The molecular formula is C10H10N6O3S. The number of nitrogens with one attached hydrogen (secondary N) is 1. The molecule has 0 radical (unpaired) electrons. The van der Waals surface area contributed by atoms with Gasteiger partial charge in [-0.25, -0.2) is 14.9 Å². The standard InChI is InChI=1S/C10H10N6O3S/c11-7-3-6(16(18)19)4-8(12-7)20-10-14-13-9(17)15(10)5-1-2-5/h3-5H,1-2H2,(H2,11,12)(H,13,17). The number of hydrogen-bond acceptors (Lipinski definition) is 7. The first kappa shape index (κ1) is 12.7. The third-order valence-electron chi connectivity index (χ3n) is 2.80. The Bertz CT molecular complexity index is 735. The fourth-order valence-corrected chi connectivity index (χ4v) is 2.72. The maximum Gasteiger partial charge on any atom is 0.344 e. The normalized spacial score (nSPS) is 14.4. The summed E-state index contributed by atoms with van der Waals surface area (Å²) in [6.07, 6.45) is 1.86. The van der Waals surface area contributed by atoms with Crippen LogP contribution in [-0.2, 0) is 0 Å². The van der Waals surface area contributed by atoms with E-state index in [-0.39, 0.29) is 23.2 Å². The van der Waals surface area contributed by atoms with Gasteiger partial charge >= 0.3 is 5.69 Å². The van der Waals surface area contributed by atoms with Crippen LogP contribution in [0.5, 0.6) is 0 Å². The summed E-state index contributed by atoms with van der Waals surface area (Å²) in [5.74, 6) is 0.0533. The molecule has 1 aliphatic carbocycles. The monoisotopic (exact) mass is 294 g/mol. The van der Waals surface area contributed by atoms with Gasteiger partial charge in [-0.2, -0.15) is 0 Å². The van der Waals surface area contributed by atoms with E-state index in [1.165, 1.54) is 12.1 Å². The van der Waals surface area contributed by atoms with Gasteiger partial charge in [0.1, 0.15) is 10.8 Å². The van der Waals surface area contributed by atoms with Crippen molar-refractivity contribution in [2.75, 3.05) is 5.73 Å². The summed E-state index contributed by atoms with van der Waals surface area (Å²) in [5, 5.41) is 17.8. The Kier molecular flexibility index (Phi) is 2.93. The SMILES string of the molecule is Nc1cc([N+](=O)[O-])cc(Sc2n[nH]c(=O)n2C2CC2)n1. The van der Waals surface area contributed by atoms with E-state index in [9.17, 15) is 14.9 Å². The van der Waals surface area contributed by atoms with E-state index < -0.39 is 4.92 Å². The van der Waals surface area contributed by atoms with Crippen molar-refractivity contribution >= 4 is 23.3 Å². The van der Waals surface area contributed by atoms with Crippen LogP contribution >= 0.6 is 11.8 Å². The molecule has 3 N–H and O–H groups in total. The van der Waals surface area contributed by atoms with Gasteiger partial charge in [0.25, 0.3) is 5.69 Å². The number of hydrogen-bond donors (Lipinski definition) is 2. The Labute approximate surface area is 116 Å². The Morgan fingerprint density at radius 3 is 2.90 bits per heavy atom. The molecule has 0 aromatic carbocycles. The first-order chi connectivity index (χ1) is 9.54. The second-order valence-corrected chi connectivity index (χ2v) is 5.35. The lowest BCUT2D eigenvalue weighted by molar-refractivity contribution is -0.385. The van der Waals surface area contributed by atoms with E-state index in [0.29, 0.717) is 10.2 Å². The Morgan fingerprint density at radius 1 is 1.50 bits per heavy atom. The van der Waals surface area contributed by atoms with E-state index in [1.54, 1.807) is 4.57 Å². The molecule has 1 saturated carbocycles. The van der Waals surface area contributed by atoms with Crippen molar-refractivity contribution in [1.82, 2.24) is 19.7 Å². The maximum atomic E-state index is 11.6. The average Bonchev–Trinajstić information content (AvgIpc) is 3.14. The van der Waals surface area contributed by atoms with E-state index in [4.69, 9.17) is 5.73 Å². The lowest BCUT2D eigenvalue weighted by Gasteiger charge is -2.03. The number of aromatic nitrogens is 4. The number of rotatable bonds is 4. The quantitative estimate of drug-likeness (QED) is 0.633. The maximum absolute atomic E-state index is 11.6. The fourth-order valence-electron chi connectivity index (χ4n) is 1.78. The zero-order chi connectivity index (χ0) is 14.3. The van der Waals surface area contributed by atoms with Gasteiger partial charge in [0.2, 0.25) is 0 Å². The van der Waals surface area contributed by atoms with E-state index in [2.05, 4.69) is 15.2 Å². The Morgan fingerprint density at radius 2 is 2.25 bits per heavy atom. The van der Waals surface area contributed by atoms with Crippen molar-refractivity contribution in [2.24, 2.45) is 0 Å². The molecule has 0 unspecified atom stereocenters. The third kappa shape index (κ3) is 2.37. The minimum absolute atomic E-state index is 0.0533. The van der Waals surface area contributed by atoms with E-state index >= 15 is 0 Å². The molecule has 0 bridgehead atoms. The molecule has 2 aromatic heterocycles. The van der Waals surface area contributed by atoms with Crippen molar-refractivity contribution in [3.8, 4) is 0 Å². The lowest BCUT2D eigenvalue weighted by Crippen LogP contribution is -2.16. The van der Waals surface area contributed by atoms with Gasteiger partial charge in [-0.05, 0) is 24.6 Å². The molecule has 0 saturated heterocycles. The van der Waals surface area contributed by atoms with Gasteiger partial charge in [-0.15, -0.1) is 5.10 Å². The van der Waals surface area contributed by atoms with Crippen molar-refractivity contribution < 1.29 is 4.92 Å². The van der Waals surface area contributed by atoms with Crippen molar-refractivity contribution in [1.29, 1.82) is 0 Å². The van der Waals surface area contributed by atoms with Crippen LogP contribution in [0.2, 0.25) is 0 Å². The number of nitrogens with zero attached hydrogens (tertiary/aromatic N) is 4. The summed E-state index contributed by atoms with van der Waals surface area (Å²) in [4.78, 5) is 25.9. The zero-order valence-corrected chi connectivity index (χ0v) is 11.0. The van der Waals surface area contributed by atoms with Crippen molar-refractivity contribution in [2.45, 2.75) is 29.1 Å². The third-order valence-corrected chi connectivity index (χ3v) is 3.69. The number of H-pyrrole nitrogens is 1. The van der Waals surface area contributed by atoms with Crippen molar-refractivity contribution in [3.05, 3.63) is 32.7 Å². The van der Waals surface area contributed by atoms with Crippen LogP contribution in [0.15, 0.2) is 27.1 Å². The first-order valence-corrected chi connectivity index (χ1v) is 6.63. The molecule has 1 fully saturated rings. The summed E-state index contributed by atoms with van der Waals surface area (Å²) < 4.78 is 1.54. The number of anilines is 1. The number of nitro groups is 1. The average molecular weight is 294 g/mol. The molecule has 3 rings (SSSR count). The highest BCUT2D eigenvalue weighted by Gasteiger charge is 2.29. The van der Waals surface area contributed by atoms with Gasteiger partial charge in [0.05, 0.1) is 11.0 Å². The minimum atomic E-state index is -0.541. The predicted molar refractivity (Wildman–Crippen MR) is 70.5 cm³/mol. The van der Waals surface area contributed by atoms with Crippen LogP contribution in [0.3, 0.4) is 0 Å². The number of nitrogens with two attached hydrogens (primary N) is 1. The molecule has 1 aliphatic rings. The fraction of sp³-hybridized carbons (Fsp3) is 0.300. The van der Waals surface area contributed by atoms with E-state index in [1.807, 2.05) is 0 Å². The summed E-state index contributed by atoms with van der Waals surface area (Å²) >= 11 is 1.07. The molecular weight excluding hydrogens is 284 g/mol. The number of nitrogen functional groups attached to an aromatic ring is 1. The molecule has 9 nitrogen and oxygen atoms in total. The molecule has 10 heteroatoms. The van der Waals surface area contributed by atoms with Crippen molar-refractivity contribution in [3.63, 3.8) is 0 Å². The molecule has 2 aromatic rings. The Hall–Kier alpha value is -2.36. The van der Waals surface area contributed by atoms with Gasteiger partial charge in [0.15, 0.2) is 5.16 Å². The van der Waals surface area contributed by atoms with Crippen LogP contribution in [0, 0.1) is 10.1 Å². The highest BCUT2D eigenvalue weighted by Crippen LogP contribution is 2.37. The summed E-state index contributed by atoms with van der Waals surface area (Å²) in [5.41, 5.74) is 5.11. The zero-order valence-electron chi connectivity index (χ0n) is 10.1. The molecule has 2 heterocycles. The molecule has 0 aliphatic heterocycles. The number of aromatic amines is 1. The molecule has 0 atom stereocenters. The van der Waals surface area contributed by atoms with Gasteiger partial charge in [0, 0.05) is 12.1 Å².